The molecule has 5 heteroatoms. The van der Waals surface area contributed by atoms with Gasteiger partial charge in [-0.15, -0.1) is 11.3 Å². The number of rotatable bonds is 9. The van der Waals surface area contributed by atoms with E-state index < -0.39 is 0 Å². The van der Waals surface area contributed by atoms with Crippen molar-refractivity contribution in [2.45, 2.75) is 33.4 Å². The fourth-order valence-electron chi connectivity index (χ4n) is 1.85. The van der Waals surface area contributed by atoms with Crippen LogP contribution < -0.4 is 14.8 Å². The van der Waals surface area contributed by atoms with Crippen LogP contribution in [0.3, 0.4) is 0 Å². The molecule has 0 spiro atoms. The fourth-order valence-corrected chi connectivity index (χ4v) is 2.38. The average molecular weight is 306 g/mol. The van der Waals surface area contributed by atoms with Crippen LogP contribution >= 0.6 is 11.3 Å². The van der Waals surface area contributed by atoms with Crippen molar-refractivity contribution in [3.63, 3.8) is 0 Å². The van der Waals surface area contributed by atoms with E-state index in [9.17, 15) is 0 Å². The van der Waals surface area contributed by atoms with Crippen molar-refractivity contribution in [1.82, 2.24) is 10.3 Å². The molecule has 0 unspecified atom stereocenters. The van der Waals surface area contributed by atoms with Crippen LogP contribution in [0.5, 0.6) is 11.5 Å². The molecular weight excluding hydrogens is 284 g/mol. The summed E-state index contributed by atoms with van der Waals surface area (Å²) < 4.78 is 11.6. The number of nitrogens with one attached hydrogen (secondary N) is 1. The van der Waals surface area contributed by atoms with Crippen LogP contribution in [-0.2, 0) is 13.2 Å². The molecular formula is C16H22N2O2S. The van der Waals surface area contributed by atoms with Gasteiger partial charge in [-0.25, -0.2) is 4.98 Å². The third-order valence-electron chi connectivity index (χ3n) is 2.91. The predicted molar refractivity (Wildman–Crippen MR) is 86.1 cm³/mol. The van der Waals surface area contributed by atoms with E-state index in [1.54, 1.807) is 17.5 Å². The summed E-state index contributed by atoms with van der Waals surface area (Å²) in [5, 5.41) is 6.26. The molecule has 0 saturated carbocycles. The van der Waals surface area contributed by atoms with Crippen molar-refractivity contribution < 1.29 is 9.47 Å². The Kier molecular flexibility index (Phi) is 6.50. The lowest BCUT2D eigenvalue weighted by Crippen LogP contribution is -2.13. The lowest BCUT2D eigenvalue weighted by Gasteiger charge is -2.13. The van der Waals surface area contributed by atoms with Crippen LogP contribution in [0.15, 0.2) is 29.8 Å². The summed E-state index contributed by atoms with van der Waals surface area (Å²) in [7, 11) is 0. The van der Waals surface area contributed by atoms with Crippen LogP contribution in [0.25, 0.3) is 0 Å². The zero-order chi connectivity index (χ0) is 14.9. The van der Waals surface area contributed by atoms with Crippen LogP contribution in [-0.4, -0.2) is 18.1 Å². The average Bonchev–Trinajstić information content (AvgIpc) is 3.03. The van der Waals surface area contributed by atoms with Gasteiger partial charge in [-0.2, -0.15) is 0 Å². The zero-order valence-corrected chi connectivity index (χ0v) is 13.4. The largest absolute Gasteiger partial charge is 0.493 e. The van der Waals surface area contributed by atoms with Crippen molar-refractivity contribution in [1.29, 1.82) is 0 Å². The van der Waals surface area contributed by atoms with Gasteiger partial charge in [-0.3, -0.25) is 0 Å². The third kappa shape index (κ3) is 5.02. The number of hydrogen-bond acceptors (Lipinski definition) is 5. The van der Waals surface area contributed by atoms with Crippen molar-refractivity contribution in [2.75, 3.05) is 13.2 Å². The van der Waals surface area contributed by atoms with E-state index in [0.29, 0.717) is 6.61 Å². The van der Waals surface area contributed by atoms with E-state index in [0.717, 1.165) is 48.2 Å². The summed E-state index contributed by atoms with van der Waals surface area (Å²) >= 11 is 1.60. The minimum Gasteiger partial charge on any atom is -0.493 e. The summed E-state index contributed by atoms with van der Waals surface area (Å²) in [6.45, 7) is 7.12. The normalized spacial score (nSPS) is 10.6. The maximum absolute atomic E-state index is 5.93. The third-order valence-corrected chi connectivity index (χ3v) is 3.66. The first-order valence-corrected chi connectivity index (χ1v) is 8.19. The highest BCUT2D eigenvalue weighted by molar-refractivity contribution is 7.09. The predicted octanol–water partition coefficient (Wildman–Crippen LogP) is 3.62. The summed E-state index contributed by atoms with van der Waals surface area (Å²) in [5.74, 6) is 1.71. The topological polar surface area (TPSA) is 43.4 Å². The molecule has 114 valence electrons. The van der Waals surface area contributed by atoms with E-state index in [1.165, 1.54) is 0 Å². The summed E-state index contributed by atoms with van der Waals surface area (Å²) in [6, 6.07) is 6.03. The van der Waals surface area contributed by atoms with Gasteiger partial charge in [0.25, 0.3) is 0 Å². The number of nitrogens with zero attached hydrogens (tertiary/aromatic N) is 1. The SMILES string of the molecule is CCCOc1ccc(CNCC)c(OCc2nccs2)c1. The molecule has 0 bridgehead atoms. The first-order chi connectivity index (χ1) is 10.3. The molecule has 0 saturated heterocycles. The summed E-state index contributed by atoms with van der Waals surface area (Å²) in [4.78, 5) is 4.24. The van der Waals surface area contributed by atoms with E-state index >= 15 is 0 Å². The Morgan fingerprint density at radius 3 is 2.86 bits per heavy atom. The molecule has 0 aliphatic carbocycles. The number of hydrogen-bond donors (Lipinski definition) is 1. The Morgan fingerprint density at radius 1 is 1.24 bits per heavy atom. The van der Waals surface area contributed by atoms with Gasteiger partial charge in [-0.1, -0.05) is 19.9 Å². The van der Waals surface area contributed by atoms with Gasteiger partial charge in [0.1, 0.15) is 23.1 Å². The molecule has 0 aliphatic rings. The van der Waals surface area contributed by atoms with Gasteiger partial charge >= 0.3 is 0 Å². The first kappa shape index (κ1) is 15.8. The Balaban J connectivity index is 2.08. The molecule has 0 radical (unpaired) electrons. The lowest BCUT2D eigenvalue weighted by molar-refractivity contribution is 0.291. The second kappa shape index (κ2) is 8.64. The minimum atomic E-state index is 0.494. The molecule has 0 atom stereocenters. The zero-order valence-electron chi connectivity index (χ0n) is 12.6. The second-order valence-electron chi connectivity index (χ2n) is 4.61. The van der Waals surface area contributed by atoms with Crippen molar-refractivity contribution in [3.8, 4) is 11.5 Å². The summed E-state index contributed by atoms with van der Waals surface area (Å²) in [5.41, 5.74) is 1.14. The Morgan fingerprint density at radius 2 is 2.14 bits per heavy atom. The molecule has 1 heterocycles. The molecule has 1 N–H and O–H groups in total. The van der Waals surface area contributed by atoms with Crippen molar-refractivity contribution in [3.05, 3.63) is 40.3 Å². The highest BCUT2D eigenvalue weighted by Crippen LogP contribution is 2.26. The van der Waals surface area contributed by atoms with Crippen LogP contribution in [0, 0.1) is 0 Å². The lowest BCUT2D eigenvalue weighted by atomic mass is 10.2. The van der Waals surface area contributed by atoms with Gasteiger partial charge in [0.2, 0.25) is 0 Å². The van der Waals surface area contributed by atoms with Crippen molar-refractivity contribution in [2.24, 2.45) is 0 Å². The van der Waals surface area contributed by atoms with Gasteiger partial charge < -0.3 is 14.8 Å². The van der Waals surface area contributed by atoms with Crippen LogP contribution in [0.4, 0.5) is 0 Å². The first-order valence-electron chi connectivity index (χ1n) is 7.31. The molecule has 2 rings (SSSR count). The molecule has 4 nitrogen and oxygen atoms in total. The molecule has 0 fully saturated rings. The Hall–Kier alpha value is -1.59. The Labute approximate surface area is 130 Å². The molecule has 0 amide bonds. The number of aromatic nitrogens is 1. The van der Waals surface area contributed by atoms with Crippen molar-refractivity contribution >= 4 is 11.3 Å². The Bertz CT molecular complexity index is 529. The highest BCUT2D eigenvalue weighted by Gasteiger charge is 2.07. The maximum atomic E-state index is 5.93. The molecule has 1 aromatic heterocycles. The second-order valence-corrected chi connectivity index (χ2v) is 5.59. The standard InChI is InChI=1S/C16H22N2O2S/c1-3-8-19-14-6-5-13(11-17-4-2)15(10-14)20-12-16-18-7-9-21-16/h5-7,9-10,17H,3-4,8,11-12H2,1-2H3. The molecule has 21 heavy (non-hydrogen) atoms. The smallest absolute Gasteiger partial charge is 0.140 e. The molecule has 1 aromatic carbocycles. The van der Waals surface area contributed by atoms with E-state index in [-0.39, 0.29) is 0 Å². The fraction of sp³-hybridized carbons (Fsp3) is 0.438. The quantitative estimate of drug-likeness (QED) is 0.768. The minimum absolute atomic E-state index is 0.494. The van der Waals surface area contributed by atoms with E-state index in [2.05, 4.69) is 30.2 Å². The maximum Gasteiger partial charge on any atom is 0.140 e. The monoisotopic (exact) mass is 306 g/mol. The number of thiazole rings is 1. The molecule has 2 aromatic rings. The van der Waals surface area contributed by atoms with Gasteiger partial charge in [-0.05, 0) is 19.0 Å². The van der Waals surface area contributed by atoms with E-state index in [1.807, 2.05) is 17.5 Å². The molecule has 0 aliphatic heterocycles. The number of benzene rings is 1. The van der Waals surface area contributed by atoms with Gasteiger partial charge in [0.15, 0.2) is 0 Å². The van der Waals surface area contributed by atoms with E-state index in [4.69, 9.17) is 9.47 Å². The van der Waals surface area contributed by atoms with Crippen LogP contribution in [0.2, 0.25) is 0 Å². The highest BCUT2D eigenvalue weighted by atomic mass is 32.1. The summed E-state index contributed by atoms with van der Waals surface area (Å²) in [6.07, 6.45) is 2.79. The van der Waals surface area contributed by atoms with Gasteiger partial charge in [0.05, 0.1) is 6.61 Å². The van der Waals surface area contributed by atoms with Gasteiger partial charge in [0, 0.05) is 29.8 Å². The number of ether oxygens (including phenoxy) is 2. The van der Waals surface area contributed by atoms with Crippen LogP contribution in [0.1, 0.15) is 30.8 Å².